The third-order valence-electron chi connectivity index (χ3n) is 4.26. The van der Waals surface area contributed by atoms with Crippen LogP contribution in [0.3, 0.4) is 0 Å². The van der Waals surface area contributed by atoms with Crippen molar-refractivity contribution in [2.45, 2.75) is 13.8 Å². The lowest BCUT2D eigenvalue weighted by Crippen LogP contribution is -2.11. The summed E-state index contributed by atoms with van der Waals surface area (Å²) >= 11 is 1.42. The molecule has 0 aliphatic carbocycles. The van der Waals surface area contributed by atoms with Gasteiger partial charge in [-0.05, 0) is 38.1 Å². The highest BCUT2D eigenvalue weighted by Gasteiger charge is 2.17. The molecular weight excluding hydrogens is 386 g/mol. The molecule has 0 radical (unpaired) electrons. The first-order chi connectivity index (χ1) is 14.1. The fourth-order valence-corrected chi connectivity index (χ4v) is 3.71. The van der Waals surface area contributed by atoms with Gasteiger partial charge < -0.3 is 9.26 Å². The topological polar surface area (TPSA) is 77.2 Å². The molecule has 0 atom stereocenters. The van der Waals surface area contributed by atoms with E-state index in [-0.39, 0.29) is 11.6 Å². The Balaban J connectivity index is 1.49. The van der Waals surface area contributed by atoms with Crippen LogP contribution in [0.5, 0.6) is 5.75 Å². The standard InChI is InChI=1S/C22H19N3O3S/c1-3-27-17-11-9-16(10-12-17)20-14(2)29-22(23-20)24-21(26)18-13-19(28-25-18)15-7-5-4-6-8-15/h4-13H,3H2,1-2H3,(H,23,24,26). The van der Waals surface area contributed by atoms with Crippen molar-refractivity contribution in [2.24, 2.45) is 0 Å². The van der Waals surface area contributed by atoms with Gasteiger partial charge in [-0.15, -0.1) is 11.3 Å². The Morgan fingerprint density at radius 2 is 1.86 bits per heavy atom. The lowest BCUT2D eigenvalue weighted by atomic mass is 10.1. The molecule has 0 fully saturated rings. The fraction of sp³-hybridized carbons (Fsp3) is 0.136. The molecule has 0 aliphatic heterocycles. The summed E-state index contributed by atoms with van der Waals surface area (Å²) in [5.74, 6) is 1.00. The normalized spacial score (nSPS) is 10.7. The molecule has 0 unspecified atom stereocenters. The van der Waals surface area contributed by atoms with Gasteiger partial charge in [0.2, 0.25) is 0 Å². The van der Waals surface area contributed by atoms with Crippen LogP contribution in [0, 0.1) is 6.92 Å². The zero-order valence-corrected chi connectivity index (χ0v) is 16.8. The van der Waals surface area contributed by atoms with E-state index in [0.29, 0.717) is 17.5 Å². The van der Waals surface area contributed by atoms with E-state index in [1.165, 1.54) is 11.3 Å². The van der Waals surface area contributed by atoms with Crippen LogP contribution < -0.4 is 10.1 Å². The van der Waals surface area contributed by atoms with Gasteiger partial charge in [-0.25, -0.2) is 4.98 Å². The Kier molecular flexibility index (Phi) is 5.39. The number of hydrogen-bond donors (Lipinski definition) is 1. The van der Waals surface area contributed by atoms with Gasteiger partial charge in [0, 0.05) is 22.1 Å². The number of aryl methyl sites for hydroxylation is 1. The number of amides is 1. The van der Waals surface area contributed by atoms with Crippen molar-refractivity contribution in [3.05, 3.63) is 71.2 Å². The Morgan fingerprint density at radius 1 is 1.10 bits per heavy atom. The summed E-state index contributed by atoms with van der Waals surface area (Å²) in [6.45, 7) is 4.55. The van der Waals surface area contributed by atoms with Crippen LogP contribution in [0.4, 0.5) is 5.13 Å². The predicted molar refractivity (Wildman–Crippen MR) is 113 cm³/mol. The summed E-state index contributed by atoms with van der Waals surface area (Å²) in [5.41, 5.74) is 2.87. The number of aromatic nitrogens is 2. The molecule has 2 aromatic heterocycles. The first-order valence-electron chi connectivity index (χ1n) is 9.18. The first-order valence-corrected chi connectivity index (χ1v) is 10.00. The predicted octanol–water partition coefficient (Wildman–Crippen LogP) is 5.42. The molecule has 146 valence electrons. The number of benzene rings is 2. The van der Waals surface area contributed by atoms with E-state index in [1.807, 2.05) is 68.4 Å². The Bertz CT molecular complexity index is 1120. The minimum absolute atomic E-state index is 0.208. The molecule has 4 aromatic rings. The molecule has 0 aliphatic rings. The van der Waals surface area contributed by atoms with Crippen molar-refractivity contribution < 1.29 is 14.1 Å². The van der Waals surface area contributed by atoms with Crippen molar-refractivity contribution in [1.29, 1.82) is 0 Å². The van der Waals surface area contributed by atoms with Crippen LogP contribution in [-0.2, 0) is 0 Å². The number of hydrogen-bond acceptors (Lipinski definition) is 6. The zero-order valence-electron chi connectivity index (χ0n) is 16.0. The van der Waals surface area contributed by atoms with E-state index in [1.54, 1.807) is 6.07 Å². The van der Waals surface area contributed by atoms with Crippen LogP contribution in [0.15, 0.2) is 65.2 Å². The largest absolute Gasteiger partial charge is 0.494 e. The number of ether oxygens (including phenoxy) is 1. The molecule has 2 aromatic carbocycles. The van der Waals surface area contributed by atoms with Crippen LogP contribution in [0.25, 0.3) is 22.6 Å². The molecule has 1 amide bonds. The van der Waals surface area contributed by atoms with Crippen LogP contribution in [0.1, 0.15) is 22.3 Å². The maximum Gasteiger partial charge on any atom is 0.279 e. The van der Waals surface area contributed by atoms with E-state index < -0.39 is 0 Å². The third-order valence-corrected chi connectivity index (χ3v) is 5.14. The van der Waals surface area contributed by atoms with Crippen LogP contribution in [-0.4, -0.2) is 22.7 Å². The van der Waals surface area contributed by atoms with E-state index >= 15 is 0 Å². The number of nitrogens with zero attached hydrogens (tertiary/aromatic N) is 2. The second-order valence-electron chi connectivity index (χ2n) is 6.28. The van der Waals surface area contributed by atoms with Crippen molar-refractivity contribution >= 4 is 22.4 Å². The van der Waals surface area contributed by atoms with Crippen LogP contribution >= 0.6 is 11.3 Å². The molecule has 29 heavy (non-hydrogen) atoms. The van der Waals surface area contributed by atoms with E-state index in [4.69, 9.17) is 9.26 Å². The molecule has 0 bridgehead atoms. The Hall–Kier alpha value is -3.45. The van der Waals surface area contributed by atoms with Gasteiger partial charge in [0.15, 0.2) is 16.6 Å². The highest BCUT2D eigenvalue weighted by molar-refractivity contribution is 7.16. The molecule has 6 nitrogen and oxygen atoms in total. The molecule has 2 heterocycles. The Labute approximate surface area is 172 Å². The highest BCUT2D eigenvalue weighted by Crippen LogP contribution is 2.31. The maximum atomic E-state index is 12.5. The summed E-state index contributed by atoms with van der Waals surface area (Å²) in [6.07, 6.45) is 0. The van der Waals surface area contributed by atoms with Crippen molar-refractivity contribution in [1.82, 2.24) is 10.1 Å². The summed E-state index contributed by atoms with van der Waals surface area (Å²) in [5, 5.41) is 7.20. The first kappa shape index (κ1) is 18.9. The van der Waals surface area contributed by atoms with Gasteiger partial charge in [0.1, 0.15) is 5.75 Å². The monoisotopic (exact) mass is 405 g/mol. The molecule has 4 rings (SSSR count). The van der Waals surface area contributed by atoms with Gasteiger partial charge in [-0.3, -0.25) is 10.1 Å². The second-order valence-corrected chi connectivity index (χ2v) is 7.48. The molecule has 0 spiro atoms. The smallest absolute Gasteiger partial charge is 0.279 e. The SMILES string of the molecule is CCOc1ccc(-c2nc(NC(=O)c3cc(-c4ccccc4)on3)sc2C)cc1. The van der Waals surface area contributed by atoms with Crippen LogP contribution in [0.2, 0.25) is 0 Å². The van der Waals surface area contributed by atoms with Gasteiger partial charge in [-0.1, -0.05) is 35.5 Å². The average Bonchev–Trinajstić information content (AvgIpc) is 3.37. The number of nitrogens with one attached hydrogen (secondary N) is 1. The summed E-state index contributed by atoms with van der Waals surface area (Å²) in [6, 6.07) is 18.9. The van der Waals surface area contributed by atoms with Gasteiger partial charge in [0.05, 0.1) is 12.3 Å². The fourth-order valence-electron chi connectivity index (χ4n) is 2.88. The van der Waals surface area contributed by atoms with Crippen molar-refractivity contribution in [3.8, 4) is 28.3 Å². The summed E-state index contributed by atoms with van der Waals surface area (Å²) in [4.78, 5) is 18.1. The summed E-state index contributed by atoms with van der Waals surface area (Å²) in [7, 11) is 0. The van der Waals surface area contributed by atoms with E-state index in [9.17, 15) is 4.79 Å². The van der Waals surface area contributed by atoms with Crippen molar-refractivity contribution in [2.75, 3.05) is 11.9 Å². The number of carbonyl (C=O) groups is 1. The number of thiazole rings is 1. The Morgan fingerprint density at radius 3 is 2.59 bits per heavy atom. The molecular formula is C22H19N3O3S. The summed E-state index contributed by atoms with van der Waals surface area (Å²) < 4.78 is 10.8. The van der Waals surface area contributed by atoms with Gasteiger partial charge in [0.25, 0.3) is 5.91 Å². The molecule has 1 N–H and O–H groups in total. The molecule has 0 saturated carbocycles. The third kappa shape index (κ3) is 4.20. The average molecular weight is 405 g/mol. The zero-order chi connectivity index (χ0) is 20.2. The number of anilines is 1. The lowest BCUT2D eigenvalue weighted by Gasteiger charge is -2.04. The van der Waals surface area contributed by atoms with E-state index in [0.717, 1.165) is 27.4 Å². The van der Waals surface area contributed by atoms with Crippen molar-refractivity contribution in [3.63, 3.8) is 0 Å². The minimum atomic E-state index is -0.358. The maximum absolute atomic E-state index is 12.5. The number of rotatable bonds is 6. The quantitative estimate of drug-likeness (QED) is 0.463. The van der Waals surface area contributed by atoms with E-state index in [2.05, 4.69) is 15.5 Å². The molecule has 7 heteroatoms. The van der Waals surface area contributed by atoms with Gasteiger partial charge in [-0.2, -0.15) is 0 Å². The molecule has 0 saturated heterocycles. The van der Waals surface area contributed by atoms with Gasteiger partial charge >= 0.3 is 0 Å². The highest BCUT2D eigenvalue weighted by atomic mass is 32.1. The number of carbonyl (C=O) groups excluding carboxylic acids is 1. The lowest BCUT2D eigenvalue weighted by molar-refractivity contribution is 0.101. The minimum Gasteiger partial charge on any atom is -0.494 e. The second kappa shape index (κ2) is 8.28.